The van der Waals surface area contributed by atoms with E-state index in [1.165, 1.54) is 23.1 Å². The molecule has 0 heterocycles. The Bertz CT molecular complexity index is 1450. The summed E-state index contributed by atoms with van der Waals surface area (Å²) in [4.78, 5) is 28.2. The van der Waals surface area contributed by atoms with E-state index >= 15 is 0 Å². The van der Waals surface area contributed by atoms with E-state index < -0.39 is 28.5 Å². The third-order valence-electron chi connectivity index (χ3n) is 5.99. The van der Waals surface area contributed by atoms with E-state index in [0.29, 0.717) is 20.6 Å². The molecule has 3 aromatic rings. The standard InChI is InChI=1S/C28H30Cl3N3O4S/c1-18(2)32-28(36)20(4)33(16-21-11-13-24(29)26(31)14-21)27(35)17-34(22-12-10-19(3)25(30)15-22)39(37,38)23-8-6-5-7-9-23/h5-15,18,20H,16-17H2,1-4H3,(H,32,36). The highest BCUT2D eigenvalue weighted by molar-refractivity contribution is 7.92. The van der Waals surface area contributed by atoms with Crippen molar-refractivity contribution in [1.29, 1.82) is 0 Å². The lowest BCUT2D eigenvalue weighted by Gasteiger charge is -2.32. The van der Waals surface area contributed by atoms with Crippen molar-refractivity contribution in [3.63, 3.8) is 0 Å². The Hall–Kier alpha value is -2.78. The predicted molar refractivity (Wildman–Crippen MR) is 157 cm³/mol. The number of hydrogen-bond acceptors (Lipinski definition) is 4. The lowest BCUT2D eigenvalue weighted by atomic mass is 10.1. The van der Waals surface area contributed by atoms with Crippen LogP contribution in [0, 0.1) is 6.92 Å². The van der Waals surface area contributed by atoms with Crippen LogP contribution in [0.25, 0.3) is 0 Å². The van der Waals surface area contributed by atoms with Crippen LogP contribution >= 0.6 is 34.8 Å². The summed E-state index contributed by atoms with van der Waals surface area (Å²) in [5.74, 6) is -0.974. The highest BCUT2D eigenvalue weighted by Gasteiger charge is 2.33. The maximum absolute atomic E-state index is 13.9. The summed E-state index contributed by atoms with van der Waals surface area (Å²) in [6.45, 7) is 6.43. The van der Waals surface area contributed by atoms with Gasteiger partial charge in [0.15, 0.2) is 0 Å². The summed E-state index contributed by atoms with van der Waals surface area (Å²) < 4.78 is 28.6. The number of carbonyl (C=O) groups excluding carboxylic acids is 2. The van der Waals surface area contributed by atoms with Crippen LogP contribution in [0.2, 0.25) is 15.1 Å². The van der Waals surface area contributed by atoms with E-state index in [4.69, 9.17) is 34.8 Å². The van der Waals surface area contributed by atoms with Crippen molar-refractivity contribution in [2.45, 2.75) is 51.2 Å². The number of aryl methyl sites for hydroxylation is 1. The first-order chi connectivity index (χ1) is 18.3. The fourth-order valence-corrected chi connectivity index (χ4v) is 5.73. The molecule has 3 aromatic carbocycles. The van der Waals surface area contributed by atoms with Crippen LogP contribution in [0.1, 0.15) is 31.9 Å². The van der Waals surface area contributed by atoms with Crippen LogP contribution in [0.4, 0.5) is 5.69 Å². The fraction of sp³-hybridized carbons (Fsp3) is 0.286. The lowest BCUT2D eigenvalue weighted by Crippen LogP contribution is -2.52. The van der Waals surface area contributed by atoms with E-state index in [0.717, 1.165) is 9.87 Å². The molecule has 0 saturated heterocycles. The van der Waals surface area contributed by atoms with Crippen molar-refractivity contribution >= 4 is 62.3 Å². The second-order valence-corrected chi connectivity index (χ2v) is 12.5. The van der Waals surface area contributed by atoms with Gasteiger partial charge in [0.05, 0.1) is 20.6 Å². The van der Waals surface area contributed by atoms with Crippen molar-refractivity contribution in [3.05, 3.63) is 92.9 Å². The van der Waals surface area contributed by atoms with E-state index in [1.807, 2.05) is 13.8 Å². The first-order valence-electron chi connectivity index (χ1n) is 12.2. The largest absolute Gasteiger partial charge is 0.352 e. The fourth-order valence-electron chi connectivity index (χ4n) is 3.81. The van der Waals surface area contributed by atoms with Crippen molar-refractivity contribution in [2.24, 2.45) is 0 Å². The van der Waals surface area contributed by atoms with Gasteiger partial charge < -0.3 is 10.2 Å². The molecule has 0 saturated carbocycles. The molecule has 0 aliphatic rings. The van der Waals surface area contributed by atoms with Crippen LogP contribution in [-0.4, -0.2) is 43.8 Å². The Balaban J connectivity index is 2.06. The van der Waals surface area contributed by atoms with Gasteiger partial charge in [0.2, 0.25) is 11.8 Å². The van der Waals surface area contributed by atoms with Crippen molar-refractivity contribution in [1.82, 2.24) is 10.2 Å². The summed E-state index contributed by atoms with van der Waals surface area (Å²) in [6, 6.07) is 16.4. The minimum atomic E-state index is -4.17. The summed E-state index contributed by atoms with van der Waals surface area (Å²) in [5, 5.41) is 3.80. The van der Waals surface area contributed by atoms with Crippen LogP contribution in [-0.2, 0) is 26.2 Å². The molecular weight excluding hydrogens is 581 g/mol. The van der Waals surface area contributed by atoms with Crippen LogP contribution in [0.5, 0.6) is 0 Å². The number of carbonyl (C=O) groups is 2. The van der Waals surface area contributed by atoms with Crippen LogP contribution < -0.4 is 9.62 Å². The second kappa shape index (κ2) is 13.0. The van der Waals surface area contributed by atoms with E-state index in [9.17, 15) is 18.0 Å². The SMILES string of the molecule is Cc1ccc(N(CC(=O)N(Cc2ccc(Cl)c(Cl)c2)C(C)C(=O)NC(C)C)S(=O)(=O)c2ccccc2)cc1Cl. The maximum Gasteiger partial charge on any atom is 0.264 e. The Labute approximate surface area is 244 Å². The number of hydrogen-bond donors (Lipinski definition) is 1. The average molecular weight is 611 g/mol. The van der Waals surface area contributed by atoms with Crippen LogP contribution in [0.3, 0.4) is 0 Å². The van der Waals surface area contributed by atoms with Crippen LogP contribution in [0.15, 0.2) is 71.6 Å². The van der Waals surface area contributed by atoms with Crippen molar-refractivity contribution in [3.8, 4) is 0 Å². The zero-order valence-corrected chi connectivity index (χ0v) is 25.1. The molecule has 2 amide bonds. The van der Waals surface area contributed by atoms with E-state index in [-0.39, 0.29) is 29.1 Å². The minimum absolute atomic E-state index is 0.00369. The molecule has 0 aliphatic heterocycles. The topological polar surface area (TPSA) is 86.8 Å². The van der Waals surface area contributed by atoms with Gasteiger partial charge in [0.1, 0.15) is 12.6 Å². The zero-order chi connectivity index (χ0) is 28.9. The summed E-state index contributed by atoms with van der Waals surface area (Å²) in [7, 11) is -4.17. The molecule has 0 bridgehead atoms. The molecule has 3 rings (SSSR count). The lowest BCUT2D eigenvalue weighted by molar-refractivity contribution is -0.139. The summed E-state index contributed by atoms with van der Waals surface area (Å²) in [5.41, 5.74) is 1.60. The molecule has 0 spiro atoms. The first-order valence-corrected chi connectivity index (χ1v) is 14.8. The molecule has 11 heteroatoms. The number of halogens is 3. The number of nitrogens with one attached hydrogen (secondary N) is 1. The molecule has 1 N–H and O–H groups in total. The van der Waals surface area contributed by atoms with Gasteiger partial charge in [-0.15, -0.1) is 0 Å². The number of amides is 2. The van der Waals surface area contributed by atoms with Gasteiger partial charge >= 0.3 is 0 Å². The molecule has 1 atom stereocenters. The molecule has 1 unspecified atom stereocenters. The highest BCUT2D eigenvalue weighted by Crippen LogP contribution is 2.29. The second-order valence-electron chi connectivity index (χ2n) is 9.37. The molecule has 0 aliphatic carbocycles. The molecule has 0 aromatic heterocycles. The van der Waals surface area contributed by atoms with Gasteiger partial charge in [-0.3, -0.25) is 13.9 Å². The highest BCUT2D eigenvalue weighted by atomic mass is 35.5. The molecule has 39 heavy (non-hydrogen) atoms. The number of sulfonamides is 1. The van der Waals surface area contributed by atoms with Crippen molar-refractivity contribution < 1.29 is 18.0 Å². The molecular formula is C28H30Cl3N3O4S. The first kappa shape index (κ1) is 30.8. The minimum Gasteiger partial charge on any atom is -0.352 e. The molecule has 0 radical (unpaired) electrons. The van der Waals surface area contributed by atoms with Gasteiger partial charge in [-0.2, -0.15) is 0 Å². The average Bonchev–Trinajstić information content (AvgIpc) is 2.89. The summed E-state index contributed by atoms with van der Waals surface area (Å²) in [6.07, 6.45) is 0. The van der Waals surface area contributed by atoms with Gasteiger partial charge in [-0.05, 0) is 75.2 Å². The molecule has 208 valence electrons. The van der Waals surface area contributed by atoms with Gasteiger partial charge in [0, 0.05) is 17.6 Å². The quantitative estimate of drug-likeness (QED) is 0.301. The zero-order valence-electron chi connectivity index (χ0n) is 22.0. The Morgan fingerprint density at radius 2 is 1.54 bits per heavy atom. The number of anilines is 1. The number of rotatable bonds is 10. The Morgan fingerprint density at radius 3 is 2.13 bits per heavy atom. The van der Waals surface area contributed by atoms with Gasteiger partial charge in [-0.1, -0.05) is 65.1 Å². The third kappa shape index (κ3) is 7.66. The number of benzene rings is 3. The third-order valence-corrected chi connectivity index (χ3v) is 8.92. The molecule has 0 fully saturated rings. The van der Waals surface area contributed by atoms with Gasteiger partial charge in [0.25, 0.3) is 10.0 Å². The van der Waals surface area contributed by atoms with E-state index in [2.05, 4.69) is 5.32 Å². The predicted octanol–water partition coefficient (Wildman–Crippen LogP) is 6.09. The smallest absolute Gasteiger partial charge is 0.264 e. The Morgan fingerprint density at radius 1 is 0.872 bits per heavy atom. The Kier molecular flexibility index (Phi) is 10.3. The van der Waals surface area contributed by atoms with Gasteiger partial charge in [-0.25, -0.2) is 8.42 Å². The molecule has 7 nitrogen and oxygen atoms in total. The summed E-state index contributed by atoms with van der Waals surface area (Å²) >= 11 is 18.6. The monoisotopic (exact) mass is 609 g/mol. The van der Waals surface area contributed by atoms with Crippen molar-refractivity contribution in [2.75, 3.05) is 10.8 Å². The normalized spacial score (nSPS) is 12.2. The van der Waals surface area contributed by atoms with E-state index in [1.54, 1.807) is 62.4 Å². The number of nitrogens with zero attached hydrogens (tertiary/aromatic N) is 2. The maximum atomic E-state index is 13.9.